The zero-order valence-electron chi connectivity index (χ0n) is 15.0. The Morgan fingerprint density at radius 2 is 1.92 bits per heavy atom. The topological polar surface area (TPSA) is 43.8 Å². The van der Waals surface area contributed by atoms with Gasteiger partial charge in [-0.15, -0.1) is 0 Å². The number of hydrogen-bond donors (Lipinski definition) is 1. The highest BCUT2D eigenvalue weighted by Gasteiger charge is 2.46. The number of benzene rings is 1. The lowest BCUT2D eigenvalue weighted by molar-refractivity contribution is -0.153. The van der Waals surface area contributed by atoms with Gasteiger partial charge >= 0.3 is 0 Å². The van der Waals surface area contributed by atoms with E-state index >= 15 is 0 Å². The second kappa shape index (κ2) is 7.31. The summed E-state index contributed by atoms with van der Waals surface area (Å²) in [5.74, 6) is 0.661. The van der Waals surface area contributed by atoms with Crippen LogP contribution in [0.4, 0.5) is 0 Å². The van der Waals surface area contributed by atoms with Crippen LogP contribution in [-0.2, 0) is 11.3 Å². The lowest BCUT2D eigenvalue weighted by Crippen LogP contribution is -2.61. The van der Waals surface area contributed by atoms with E-state index in [4.69, 9.17) is 23.2 Å². The van der Waals surface area contributed by atoms with Crippen molar-refractivity contribution < 1.29 is 9.90 Å². The van der Waals surface area contributed by atoms with Crippen molar-refractivity contribution in [2.75, 3.05) is 26.2 Å². The fraction of sp³-hybridized carbons (Fsp3) is 0.650. The number of halogens is 2. The maximum Gasteiger partial charge on any atom is 0.225 e. The molecule has 0 unspecified atom stereocenters. The summed E-state index contributed by atoms with van der Waals surface area (Å²) in [6.45, 7) is 3.86. The third-order valence-corrected chi connectivity index (χ3v) is 7.25. The van der Waals surface area contributed by atoms with Gasteiger partial charge in [0.05, 0.1) is 15.6 Å². The summed E-state index contributed by atoms with van der Waals surface area (Å²) in [6.07, 6.45) is 4.72. The molecular weight excluding hydrogens is 371 g/mol. The average molecular weight is 397 g/mol. The van der Waals surface area contributed by atoms with E-state index in [2.05, 4.69) is 4.90 Å². The Morgan fingerprint density at radius 1 is 1.15 bits per heavy atom. The van der Waals surface area contributed by atoms with Crippen LogP contribution in [-0.4, -0.2) is 52.6 Å². The molecule has 0 spiro atoms. The second-order valence-corrected chi connectivity index (χ2v) is 9.01. The van der Waals surface area contributed by atoms with Crippen LogP contribution in [0.15, 0.2) is 18.2 Å². The first-order valence-electron chi connectivity index (χ1n) is 9.62. The smallest absolute Gasteiger partial charge is 0.225 e. The fourth-order valence-corrected chi connectivity index (χ4v) is 4.85. The summed E-state index contributed by atoms with van der Waals surface area (Å²) in [6, 6.07) is 5.75. The largest absolute Gasteiger partial charge is 0.389 e. The van der Waals surface area contributed by atoms with Gasteiger partial charge in [-0.05, 0) is 43.4 Å². The molecule has 1 saturated carbocycles. The minimum absolute atomic E-state index is 0.122. The minimum atomic E-state index is -0.621. The van der Waals surface area contributed by atoms with E-state index in [0.717, 1.165) is 44.5 Å². The highest BCUT2D eigenvalue weighted by atomic mass is 35.5. The summed E-state index contributed by atoms with van der Waals surface area (Å²) < 4.78 is 0. The lowest BCUT2D eigenvalue weighted by atomic mass is 9.74. The quantitative estimate of drug-likeness (QED) is 0.848. The number of hydrogen-bond acceptors (Lipinski definition) is 3. The Hall–Kier alpha value is -0.810. The number of piperidine rings is 2. The van der Waals surface area contributed by atoms with Crippen molar-refractivity contribution in [3.63, 3.8) is 0 Å². The molecule has 1 aromatic rings. The van der Waals surface area contributed by atoms with Crippen LogP contribution in [0.3, 0.4) is 0 Å². The molecule has 1 aromatic carbocycles. The molecule has 2 atom stereocenters. The Balaban J connectivity index is 1.41. The molecule has 2 heterocycles. The van der Waals surface area contributed by atoms with E-state index in [0.29, 0.717) is 35.5 Å². The number of rotatable bonds is 3. The Bertz CT molecular complexity index is 694. The summed E-state index contributed by atoms with van der Waals surface area (Å²) in [5, 5.41) is 12.2. The van der Waals surface area contributed by atoms with Crippen LogP contribution in [0.2, 0.25) is 10.0 Å². The normalized spacial score (nSPS) is 30.0. The van der Waals surface area contributed by atoms with Crippen LogP contribution >= 0.6 is 23.2 Å². The lowest BCUT2D eigenvalue weighted by Gasteiger charge is -2.51. The van der Waals surface area contributed by atoms with E-state index < -0.39 is 5.60 Å². The van der Waals surface area contributed by atoms with Gasteiger partial charge in [-0.1, -0.05) is 35.7 Å². The zero-order chi connectivity index (χ0) is 18.3. The van der Waals surface area contributed by atoms with Crippen LogP contribution in [0, 0.1) is 11.8 Å². The van der Waals surface area contributed by atoms with Gasteiger partial charge in [0.25, 0.3) is 0 Å². The second-order valence-electron chi connectivity index (χ2n) is 8.20. The van der Waals surface area contributed by atoms with Crippen molar-refractivity contribution in [3.8, 4) is 0 Å². The molecule has 1 N–H and O–H groups in total. The molecule has 2 saturated heterocycles. The SMILES string of the molecule is O=C(C1CCC1)N1CC[C@]2(O)CCN(Cc3ccc(Cl)c(Cl)c3)C[C@@H]2C1. The standard InChI is InChI=1S/C20H26Cl2N2O2/c21-17-5-4-14(10-18(17)22)11-23-8-6-20(26)7-9-24(13-16(20)12-23)19(25)15-2-1-3-15/h4-5,10,15-16,26H,1-3,6-9,11-13H2/t16-,20-/m1/s1. The van der Waals surface area contributed by atoms with E-state index in [1.807, 2.05) is 23.1 Å². The molecule has 1 amide bonds. The molecule has 0 radical (unpaired) electrons. The maximum atomic E-state index is 12.6. The summed E-state index contributed by atoms with van der Waals surface area (Å²) in [7, 11) is 0. The highest BCUT2D eigenvalue weighted by Crippen LogP contribution is 2.38. The maximum absolute atomic E-state index is 12.6. The molecule has 6 heteroatoms. The predicted octanol–water partition coefficient (Wildman–Crippen LogP) is 3.58. The molecule has 4 rings (SSSR count). The van der Waals surface area contributed by atoms with Crippen molar-refractivity contribution >= 4 is 29.1 Å². The van der Waals surface area contributed by atoms with Crippen LogP contribution in [0.25, 0.3) is 0 Å². The van der Waals surface area contributed by atoms with E-state index in [1.54, 1.807) is 0 Å². The van der Waals surface area contributed by atoms with Crippen LogP contribution < -0.4 is 0 Å². The minimum Gasteiger partial charge on any atom is -0.389 e. The van der Waals surface area contributed by atoms with Gasteiger partial charge in [0, 0.05) is 44.6 Å². The van der Waals surface area contributed by atoms with E-state index in [-0.39, 0.29) is 11.8 Å². The monoisotopic (exact) mass is 396 g/mol. The number of carbonyl (C=O) groups is 1. The number of aliphatic hydroxyl groups is 1. The van der Waals surface area contributed by atoms with Crippen molar-refractivity contribution in [2.45, 2.75) is 44.2 Å². The molecule has 26 heavy (non-hydrogen) atoms. The van der Waals surface area contributed by atoms with Gasteiger partial charge in [0.1, 0.15) is 0 Å². The molecule has 3 fully saturated rings. The Labute approximate surface area is 165 Å². The molecule has 142 valence electrons. The van der Waals surface area contributed by atoms with Crippen LogP contribution in [0.5, 0.6) is 0 Å². The first-order valence-corrected chi connectivity index (χ1v) is 10.4. The molecule has 0 bridgehead atoms. The first-order chi connectivity index (χ1) is 12.4. The van der Waals surface area contributed by atoms with Gasteiger partial charge in [-0.3, -0.25) is 9.69 Å². The van der Waals surface area contributed by atoms with Crippen molar-refractivity contribution in [2.24, 2.45) is 11.8 Å². The molecule has 2 aliphatic heterocycles. The molecule has 1 aliphatic carbocycles. The van der Waals surface area contributed by atoms with Crippen molar-refractivity contribution in [3.05, 3.63) is 33.8 Å². The summed E-state index contributed by atoms with van der Waals surface area (Å²) in [4.78, 5) is 17.0. The molecular formula is C20H26Cl2N2O2. The number of fused-ring (bicyclic) bond motifs is 1. The average Bonchev–Trinajstić information content (AvgIpc) is 2.56. The van der Waals surface area contributed by atoms with Crippen molar-refractivity contribution in [1.82, 2.24) is 9.80 Å². The van der Waals surface area contributed by atoms with Crippen LogP contribution in [0.1, 0.15) is 37.7 Å². The Morgan fingerprint density at radius 3 is 2.62 bits per heavy atom. The highest BCUT2D eigenvalue weighted by molar-refractivity contribution is 6.42. The first kappa shape index (κ1) is 18.5. The molecule has 3 aliphatic rings. The van der Waals surface area contributed by atoms with Crippen molar-refractivity contribution in [1.29, 1.82) is 0 Å². The van der Waals surface area contributed by atoms with Gasteiger partial charge in [-0.25, -0.2) is 0 Å². The summed E-state index contributed by atoms with van der Waals surface area (Å²) in [5.41, 5.74) is 0.507. The molecule has 0 aromatic heterocycles. The third-order valence-electron chi connectivity index (χ3n) is 6.51. The predicted molar refractivity (Wildman–Crippen MR) is 103 cm³/mol. The molecule has 4 nitrogen and oxygen atoms in total. The number of nitrogens with zero attached hydrogens (tertiary/aromatic N) is 2. The van der Waals surface area contributed by atoms with Gasteiger partial charge in [0.2, 0.25) is 5.91 Å². The van der Waals surface area contributed by atoms with Gasteiger partial charge < -0.3 is 10.0 Å². The van der Waals surface area contributed by atoms with Gasteiger partial charge in [-0.2, -0.15) is 0 Å². The third kappa shape index (κ3) is 3.62. The number of carbonyl (C=O) groups excluding carboxylic acids is 1. The number of likely N-dealkylation sites (tertiary alicyclic amines) is 2. The number of amides is 1. The van der Waals surface area contributed by atoms with E-state index in [1.165, 1.54) is 6.42 Å². The zero-order valence-corrected chi connectivity index (χ0v) is 16.5. The van der Waals surface area contributed by atoms with Gasteiger partial charge in [0.15, 0.2) is 0 Å². The fourth-order valence-electron chi connectivity index (χ4n) is 4.52. The van der Waals surface area contributed by atoms with E-state index in [9.17, 15) is 9.90 Å². The Kier molecular flexibility index (Phi) is 5.21. The summed E-state index contributed by atoms with van der Waals surface area (Å²) >= 11 is 12.1.